The molecule has 6 nitrogen and oxygen atoms in total. The van der Waals surface area contributed by atoms with Gasteiger partial charge in [0.1, 0.15) is 11.4 Å². The number of aryl methyl sites for hydroxylation is 1. The number of imidazole rings is 1. The molecule has 1 aliphatic rings. The Morgan fingerprint density at radius 1 is 1.46 bits per heavy atom. The largest absolute Gasteiger partial charge is 0.434 e. The summed E-state index contributed by atoms with van der Waals surface area (Å²) in [6.07, 6.45) is -0.977. The van der Waals surface area contributed by atoms with Gasteiger partial charge in [-0.2, -0.15) is 13.2 Å². The number of fused-ring (bicyclic) bond motifs is 1. The van der Waals surface area contributed by atoms with Crippen molar-refractivity contribution in [3.63, 3.8) is 0 Å². The third kappa shape index (κ3) is 3.34. The van der Waals surface area contributed by atoms with Gasteiger partial charge in [-0.05, 0) is 24.5 Å². The number of carbonyl (C=O) groups is 1. The van der Waals surface area contributed by atoms with E-state index in [1.807, 2.05) is 0 Å². The van der Waals surface area contributed by atoms with Gasteiger partial charge in [0, 0.05) is 31.9 Å². The van der Waals surface area contributed by atoms with Gasteiger partial charge in [-0.3, -0.25) is 9.59 Å². The summed E-state index contributed by atoms with van der Waals surface area (Å²) in [6.45, 7) is 0.635. The van der Waals surface area contributed by atoms with Crippen molar-refractivity contribution in [1.82, 2.24) is 19.9 Å². The third-order valence-corrected chi connectivity index (χ3v) is 3.99. The second-order valence-electron chi connectivity index (χ2n) is 5.72. The molecule has 0 fully saturated rings. The molecule has 0 aromatic carbocycles. The van der Waals surface area contributed by atoms with E-state index in [2.05, 4.69) is 15.3 Å². The number of alkyl halides is 3. The molecule has 3 heterocycles. The lowest BCUT2D eigenvalue weighted by molar-refractivity contribution is -0.141. The first-order chi connectivity index (χ1) is 11.3. The summed E-state index contributed by atoms with van der Waals surface area (Å²) in [5.74, 6) is -0.104. The Labute approximate surface area is 134 Å². The van der Waals surface area contributed by atoms with E-state index < -0.39 is 23.3 Å². The molecule has 24 heavy (non-hydrogen) atoms. The molecule has 2 aromatic rings. The Bertz CT molecular complexity index is 810. The van der Waals surface area contributed by atoms with Crippen LogP contribution in [0.5, 0.6) is 0 Å². The summed E-state index contributed by atoms with van der Waals surface area (Å²) in [6, 6.07) is 2.96. The molecule has 9 heteroatoms. The fourth-order valence-electron chi connectivity index (χ4n) is 2.75. The minimum Gasteiger partial charge on any atom is -0.352 e. The number of aromatic nitrogens is 3. The first-order valence-electron chi connectivity index (χ1n) is 7.43. The Morgan fingerprint density at radius 2 is 2.25 bits per heavy atom. The van der Waals surface area contributed by atoms with Crippen LogP contribution in [0, 0.1) is 5.92 Å². The van der Waals surface area contributed by atoms with Crippen LogP contribution in [0.1, 0.15) is 28.3 Å². The first-order valence-corrected chi connectivity index (χ1v) is 7.43. The van der Waals surface area contributed by atoms with Crippen LogP contribution in [0.15, 0.2) is 29.3 Å². The molecule has 0 bridgehead atoms. The summed E-state index contributed by atoms with van der Waals surface area (Å²) in [4.78, 5) is 29.6. The lowest BCUT2D eigenvalue weighted by Gasteiger charge is -2.23. The van der Waals surface area contributed by atoms with Gasteiger partial charge in [-0.25, -0.2) is 4.98 Å². The summed E-state index contributed by atoms with van der Waals surface area (Å²) in [7, 11) is 0. The fraction of sp³-hybridized carbons (Fsp3) is 0.400. The highest BCUT2D eigenvalue weighted by Crippen LogP contribution is 2.30. The van der Waals surface area contributed by atoms with Crippen molar-refractivity contribution < 1.29 is 18.0 Å². The molecule has 1 atom stereocenters. The Kier molecular flexibility index (Phi) is 4.16. The highest BCUT2D eigenvalue weighted by Gasteiger charge is 2.35. The van der Waals surface area contributed by atoms with Crippen LogP contribution in [-0.4, -0.2) is 27.0 Å². The molecule has 0 spiro atoms. The van der Waals surface area contributed by atoms with E-state index in [9.17, 15) is 22.8 Å². The summed E-state index contributed by atoms with van der Waals surface area (Å²) in [5, 5.41) is 2.66. The predicted molar refractivity (Wildman–Crippen MR) is 78.4 cm³/mol. The van der Waals surface area contributed by atoms with Crippen molar-refractivity contribution in [3.8, 4) is 0 Å². The number of halogens is 3. The first kappa shape index (κ1) is 16.3. The Hall–Kier alpha value is -2.58. The normalized spacial score (nSPS) is 17.4. The molecule has 2 N–H and O–H groups in total. The monoisotopic (exact) mass is 340 g/mol. The van der Waals surface area contributed by atoms with Gasteiger partial charge in [0.15, 0.2) is 5.69 Å². The van der Waals surface area contributed by atoms with E-state index in [0.717, 1.165) is 6.20 Å². The van der Waals surface area contributed by atoms with Crippen LogP contribution >= 0.6 is 0 Å². The van der Waals surface area contributed by atoms with Gasteiger partial charge in [-0.15, -0.1) is 0 Å². The minimum atomic E-state index is -4.46. The summed E-state index contributed by atoms with van der Waals surface area (Å²) < 4.78 is 39.5. The van der Waals surface area contributed by atoms with Crippen LogP contribution in [-0.2, 0) is 19.1 Å². The van der Waals surface area contributed by atoms with Crippen molar-refractivity contribution >= 4 is 5.91 Å². The second-order valence-corrected chi connectivity index (χ2v) is 5.72. The molecule has 1 aliphatic heterocycles. The topological polar surface area (TPSA) is 79.8 Å². The van der Waals surface area contributed by atoms with Gasteiger partial charge in [0.2, 0.25) is 0 Å². The van der Waals surface area contributed by atoms with Gasteiger partial charge in [0.05, 0.1) is 0 Å². The molecule has 128 valence electrons. The zero-order valence-corrected chi connectivity index (χ0v) is 12.6. The van der Waals surface area contributed by atoms with Gasteiger partial charge in [0.25, 0.3) is 11.5 Å². The van der Waals surface area contributed by atoms with E-state index in [4.69, 9.17) is 0 Å². The number of nitrogens with zero attached hydrogens (tertiary/aromatic N) is 2. The maximum Gasteiger partial charge on any atom is 0.434 e. The van der Waals surface area contributed by atoms with Crippen LogP contribution in [0.25, 0.3) is 0 Å². The van der Waals surface area contributed by atoms with E-state index in [1.54, 1.807) is 6.07 Å². The molecule has 3 rings (SSSR count). The fourth-order valence-corrected chi connectivity index (χ4v) is 2.75. The highest BCUT2D eigenvalue weighted by molar-refractivity contribution is 5.93. The maximum atomic E-state index is 12.7. The van der Waals surface area contributed by atoms with E-state index >= 15 is 0 Å². The maximum absolute atomic E-state index is 12.7. The van der Waals surface area contributed by atoms with E-state index in [0.29, 0.717) is 25.2 Å². The third-order valence-electron chi connectivity index (χ3n) is 3.99. The second kappa shape index (κ2) is 6.14. The number of aromatic amines is 1. The van der Waals surface area contributed by atoms with Gasteiger partial charge in [-0.1, -0.05) is 0 Å². The summed E-state index contributed by atoms with van der Waals surface area (Å²) in [5.41, 5.74) is -1.36. The van der Waals surface area contributed by atoms with Crippen molar-refractivity contribution in [2.24, 2.45) is 5.92 Å². The van der Waals surface area contributed by atoms with Crippen molar-refractivity contribution in [3.05, 3.63) is 52.0 Å². The average Bonchev–Trinajstić information content (AvgIpc) is 2.96. The lowest BCUT2D eigenvalue weighted by atomic mass is 9.99. The van der Waals surface area contributed by atoms with Crippen LogP contribution < -0.4 is 10.9 Å². The lowest BCUT2D eigenvalue weighted by Crippen LogP contribution is -2.35. The molecule has 0 aliphatic carbocycles. The number of nitrogens with one attached hydrogen (secondary N) is 2. The van der Waals surface area contributed by atoms with E-state index in [-0.39, 0.29) is 18.0 Å². The van der Waals surface area contributed by atoms with Gasteiger partial charge < -0.3 is 14.9 Å². The molecular weight excluding hydrogens is 325 g/mol. The van der Waals surface area contributed by atoms with Crippen molar-refractivity contribution in [2.45, 2.75) is 25.6 Å². The number of pyridine rings is 1. The number of hydrogen-bond acceptors (Lipinski definition) is 3. The molecule has 0 saturated heterocycles. The molecule has 1 amide bonds. The zero-order chi connectivity index (χ0) is 17.3. The quantitative estimate of drug-likeness (QED) is 0.890. The number of H-pyrrole nitrogens is 1. The van der Waals surface area contributed by atoms with Crippen LogP contribution in [0.3, 0.4) is 0 Å². The highest BCUT2D eigenvalue weighted by atomic mass is 19.4. The number of rotatable bonds is 3. The summed E-state index contributed by atoms with van der Waals surface area (Å²) >= 11 is 0. The average molecular weight is 340 g/mol. The standard InChI is InChI=1S/C15H15F3N4O2/c16-15(17,18)11-8-22-7-9(3-4-12(22)21-11)6-20-14(24)10-2-1-5-19-13(10)23/h1-2,5,8-9H,3-4,6-7H2,(H,19,23)(H,20,24). The Morgan fingerprint density at radius 3 is 2.96 bits per heavy atom. The predicted octanol–water partition coefficient (Wildman–Crippen LogP) is 1.58. The van der Waals surface area contributed by atoms with Crippen LogP contribution in [0.2, 0.25) is 0 Å². The van der Waals surface area contributed by atoms with Crippen LogP contribution in [0.4, 0.5) is 13.2 Å². The number of hydrogen-bond donors (Lipinski definition) is 2. The van der Waals surface area contributed by atoms with Gasteiger partial charge >= 0.3 is 6.18 Å². The molecule has 0 radical (unpaired) electrons. The SMILES string of the molecule is O=C(NCC1CCc2nc(C(F)(F)F)cn2C1)c1ccc[nH]c1=O. The van der Waals surface area contributed by atoms with Crippen molar-refractivity contribution in [1.29, 1.82) is 0 Å². The molecular formula is C15H15F3N4O2. The van der Waals surface area contributed by atoms with E-state index in [1.165, 1.54) is 16.8 Å². The number of amides is 1. The zero-order valence-electron chi connectivity index (χ0n) is 12.6. The Balaban J connectivity index is 1.62. The smallest absolute Gasteiger partial charge is 0.352 e. The molecule has 0 saturated carbocycles. The minimum absolute atomic E-state index is 0.0102. The number of carbonyl (C=O) groups excluding carboxylic acids is 1. The molecule has 1 unspecified atom stereocenters. The van der Waals surface area contributed by atoms with Crippen molar-refractivity contribution in [2.75, 3.05) is 6.54 Å². The molecule has 2 aromatic heterocycles.